The van der Waals surface area contributed by atoms with Crippen LogP contribution in [0.3, 0.4) is 0 Å². The minimum absolute atomic E-state index is 0.0166. The number of rotatable bonds is 5. The van der Waals surface area contributed by atoms with Gasteiger partial charge in [0.2, 0.25) is 0 Å². The number of carboxylic acid groups (broad SMARTS) is 1. The van der Waals surface area contributed by atoms with Crippen molar-refractivity contribution in [3.05, 3.63) is 35.9 Å². The average molecular weight is 319 g/mol. The highest BCUT2D eigenvalue weighted by Gasteiger charge is 2.26. The quantitative estimate of drug-likeness (QED) is 0.867. The molecule has 23 heavy (non-hydrogen) atoms. The molecule has 2 atom stereocenters. The summed E-state index contributed by atoms with van der Waals surface area (Å²) in [5.74, 6) is -0.822. The lowest BCUT2D eigenvalue weighted by Crippen LogP contribution is -2.41. The van der Waals surface area contributed by atoms with Crippen molar-refractivity contribution in [2.45, 2.75) is 57.6 Å². The van der Waals surface area contributed by atoms with Gasteiger partial charge in [0.15, 0.2) is 0 Å². The number of benzene rings is 1. The number of hydrogen-bond acceptors (Lipinski definition) is 3. The van der Waals surface area contributed by atoms with E-state index in [0.29, 0.717) is 0 Å². The molecule has 2 unspecified atom stereocenters. The van der Waals surface area contributed by atoms with Crippen molar-refractivity contribution in [2.75, 3.05) is 0 Å². The van der Waals surface area contributed by atoms with E-state index in [2.05, 4.69) is 5.32 Å². The number of nitrogens with one attached hydrogen (secondary N) is 1. The predicted molar refractivity (Wildman–Crippen MR) is 87.0 cm³/mol. The Balaban J connectivity index is 1.87. The van der Waals surface area contributed by atoms with Crippen LogP contribution >= 0.6 is 0 Å². The van der Waals surface area contributed by atoms with Crippen molar-refractivity contribution < 1.29 is 19.4 Å². The largest absolute Gasteiger partial charge is 0.481 e. The fraction of sp³-hybridized carbons (Fsp3) is 0.556. The van der Waals surface area contributed by atoms with Gasteiger partial charge in [-0.2, -0.15) is 0 Å². The summed E-state index contributed by atoms with van der Waals surface area (Å²) in [5.41, 5.74) is 0.933. The zero-order chi connectivity index (χ0) is 16.5. The van der Waals surface area contributed by atoms with Crippen molar-refractivity contribution in [2.24, 2.45) is 5.92 Å². The zero-order valence-corrected chi connectivity index (χ0v) is 13.4. The van der Waals surface area contributed by atoms with Gasteiger partial charge in [-0.1, -0.05) is 56.0 Å². The van der Waals surface area contributed by atoms with Gasteiger partial charge in [0, 0.05) is 6.04 Å². The average Bonchev–Trinajstić information content (AvgIpc) is 2.52. The fourth-order valence-electron chi connectivity index (χ4n) is 3.14. The molecular formula is C18H25NO4. The molecule has 0 saturated heterocycles. The van der Waals surface area contributed by atoms with E-state index >= 15 is 0 Å². The summed E-state index contributed by atoms with van der Waals surface area (Å²) in [6.07, 6.45) is 5.61. The smallest absolute Gasteiger partial charge is 0.407 e. The topological polar surface area (TPSA) is 75.6 Å². The number of hydrogen-bond donors (Lipinski definition) is 2. The third-order valence-corrected chi connectivity index (χ3v) is 4.36. The minimum Gasteiger partial charge on any atom is -0.481 e. The van der Waals surface area contributed by atoms with Gasteiger partial charge in [0.1, 0.15) is 6.61 Å². The Morgan fingerprint density at radius 3 is 2.48 bits per heavy atom. The van der Waals surface area contributed by atoms with E-state index in [1.165, 1.54) is 0 Å². The highest BCUT2D eigenvalue weighted by atomic mass is 16.5. The second-order valence-corrected chi connectivity index (χ2v) is 6.16. The van der Waals surface area contributed by atoms with E-state index in [0.717, 1.165) is 44.1 Å². The van der Waals surface area contributed by atoms with Crippen molar-refractivity contribution in [1.82, 2.24) is 5.32 Å². The first kappa shape index (κ1) is 17.3. The molecule has 1 aliphatic rings. The number of carbonyl (C=O) groups excluding carboxylic acids is 1. The van der Waals surface area contributed by atoms with Crippen LogP contribution < -0.4 is 5.32 Å². The van der Waals surface area contributed by atoms with Crippen LogP contribution in [-0.4, -0.2) is 23.2 Å². The van der Waals surface area contributed by atoms with E-state index in [1.54, 1.807) is 0 Å². The molecule has 0 aliphatic heterocycles. The number of alkyl carbamates (subject to hydrolysis) is 1. The van der Waals surface area contributed by atoms with Gasteiger partial charge in [0.05, 0.1) is 6.42 Å². The zero-order valence-electron chi connectivity index (χ0n) is 13.4. The Labute approximate surface area is 137 Å². The molecule has 0 spiro atoms. The van der Waals surface area contributed by atoms with E-state index in [9.17, 15) is 9.59 Å². The number of amides is 1. The number of aliphatic carboxylic acids is 1. The molecule has 5 nitrogen and oxygen atoms in total. The molecule has 0 bridgehead atoms. The van der Waals surface area contributed by atoms with E-state index < -0.39 is 12.1 Å². The van der Waals surface area contributed by atoms with Crippen LogP contribution in [0.1, 0.15) is 50.5 Å². The third-order valence-electron chi connectivity index (χ3n) is 4.36. The lowest BCUT2D eigenvalue weighted by molar-refractivity contribution is -0.138. The first-order valence-corrected chi connectivity index (χ1v) is 8.34. The Morgan fingerprint density at radius 1 is 1.09 bits per heavy atom. The second-order valence-electron chi connectivity index (χ2n) is 6.16. The summed E-state index contributed by atoms with van der Waals surface area (Å²) in [6.45, 7) is 0.225. The number of ether oxygens (including phenoxy) is 1. The highest BCUT2D eigenvalue weighted by Crippen LogP contribution is 2.25. The molecule has 126 valence electrons. The normalized spacial score (nSPS) is 21.7. The highest BCUT2D eigenvalue weighted by molar-refractivity contribution is 5.69. The summed E-state index contributed by atoms with van der Waals surface area (Å²) in [7, 11) is 0. The van der Waals surface area contributed by atoms with Crippen LogP contribution in [0.5, 0.6) is 0 Å². The first-order valence-electron chi connectivity index (χ1n) is 8.34. The summed E-state index contributed by atoms with van der Waals surface area (Å²) >= 11 is 0. The SMILES string of the molecule is O=C(O)CC1CCCCCCC1NC(=O)OCc1ccccc1. The lowest BCUT2D eigenvalue weighted by Gasteiger charge is -2.28. The summed E-state index contributed by atoms with van der Waals surface area (Å²) < 4.78 is 5.26. The minimum atomic E-state index is -0.806. The van der Waals surface area contributed by atoms with Gasteiger partial charge >= 0.3 is 12.1 Å². The third kappa shape index (κ3) is 6.30. The van der Waals surface area contributed by atoms with Crippen LogP contribution in [0.15, 0.2) is 30.3 Å². The van der Waals surface area contributed by atoms with Crippen LogP contribution in [0, 0.1) is 5.92 Å². The molecule has 5 heteroatoms. The Hall–Kier alpha value is -2.04. The Morgan fingerprint density at radius 2 is 1.78 bits per heavy atom. The van der Waals surface area contributed by atoms with Crippen molar-refractivity contribution in [1.29, 1.82) is 0 Å². The summed E-state index contributed by atoms with van der Waals surface area (Å²) in [4.78, 5) is 23.1. The van der Waals surface area contributed by atoms with Crippen molar-refractivity contribution in [3.63, 3.8) is 0 Å². The molecule has 0 radical (unpaired) electrons. The second kappa shape index (κ2) is 9.18. The van der Waals surface area contributed by atoms with Crippen molar-refractivity contribution in [3.8, 4) is 0 Å². The van der Waals surface area contributed by atoms with Crippen LogP contribution in [0.25, 0.3) is 0 Å². The van der Waals surface area contributed by atoms with Gasteiger partial charge in [-0.3, -0.25) is 4.79 Å². The Kier molecular flexibility index (Phi) is 6.91. The Bertz CT molecular complexity index is 503. The molecule has 1 aromatic carbocycles. The molecule has 1 fully saturated rings. The first-order chi connectivity index (χ1) is 11.1. The molecule has 0 heterocycles. The number of carbonyl (C=O) groups is 2. The molecule has 1 saturated carbocycles. The predicted octanol–water partition coefficient (Wildman–Crippen LogP) is 3.73. The molecule has 1 amide bonds. The van der Waals surface area contributed by atoms with Gasteiger partial charge < -0.3 is 15.2 Å². The monoisotopic (exact) mass is 319 g/mol. The maximum atomic E-state index is 12.0. The van der Waals surface area contributed by atoms with Crippen LogP contribution in [0.4, 0.5) is 4.79 Å². The van der Waals surface area contributed by atoms with E-state index in [4.69, 9.17) is 9.84 Å². The van der Waals surface area contributed by atoms with Gasteiger partial charge in [-0.25, -0.2) is 4.79 Å². The van der Waals surface area contributed by atoms with Gasteiger partial charge in [0.25, 0.3) is 0 Å². The molecule has 0 aromatic heterocycles. The molecular weight excluding hydrogens is 294 g/mol. The standard InChI is InChI=1S/C18H25NO4/c20-17(21)12-15-10-6-1-2-7-11-16(15)19-18(22)23-13-14-8-4-3-5-9-14/h3-5,8-9,15-16H,1-2,6-7,10-13H2,(H,19,22)(H,20,21). The van der Waals surface area contributed by atoms with E-state index in [1.807, 2.05) is 30.3 Å². The number of carboxylic acids is 1. The van der Waals surface area contributed by atoms with Crippen molar-refractivity contribution >= 4 is 12.1 Å². The fourth-order valence-corrected chi connectivity index (χ4v) is 3.14. The lowest BCUT2D eigenvalue weighted by atomic mass is 9.85. The van der Waals surface area contributed by atoms with Gasteiger partial charge in [-0.15, -0.1) is 0 Å². The maximum Gasteiger partial charge on any atom is 0.407 e. The molecule has 2 rings (SSSR count). The van der Waals surface area contributed by atoms with Crippen LogP contribution in [0.2, 0.25) is 0 Å². The summed E-state index contributed by atoms with van der Waals surface area (Å²) in [5, 5.41) is 12.0. The summed E-state index contributed by atoms with van der Waals surface area (Å²) in [6, 6.07) is 9.39. The van der Waals surface area contributed by atoms with E-state index in [-0.39, 0.29) is 25.0 Å². The molecule has 2 N–H and O–H groups in total. The maximum absolute atomic E-state index is 12.0. The molecule has 1 aliphatic carbocycles. The van der Waals surface area contributed by atoms with Crippen LogP contribution in [-0.2, 0) is 16.1 Å². The molecule has 1 aromatic rings. The van der Waals surface area contributed by atoms with Gasteiger partial charge in [-0.05, 0) is 24.3 Å².